The van der Waals surface area contributed by atoms with Crippen molar-refractivity contribution in [2.24, 2.45) is 17.6 Å². The van der Waals surface area contributed by atoms with Crippen LogP contribution in [0.25, 0.3) is 0 Å². The molecule has 0 radical (unpaired) electrons. The maximum atomic E-state index is 13.7. The predicted molar refractivity (Wildman–Crippen MR) is 159 cm³/mol. The molecule has 1 aliphatic heterocycles. The highest BCUT2D eigenvalue weighted by Gasteiger charge is 2.38. The second-order valence-electron chi connectivity index (χ2n) is 10.4. The molecule has 2 bridgehead atoms. The Morgan fingerprint density at radius 2 is 1.76 bits per heavy atom. The fraction of sp³-hybridized carbons (Fsp3) is 0.533. The van der Waals surface area contributed by atoms with Gasteiger partial charge in [-0.05, 0) is 44.4 Å². The van der Waals surface area contributed by atoms with Gasteiger partial charge in [0.25, 0.3) is 5.91 Å². The summed E-state index contributed by atoms with van der Waals surface area (Å²) in [6.07, 6.45) is 4.20. The minimum atomic E-state index is -1.00. The first-order valence-electron chi connectivity index (χ1n) is 13.5. The number of hydrogen-bond donors (Lipinski definition) is 3. The van der Waals surface area contributed by atoms with Crippen LogP contribution in [0.5, 0.6) is 0 Å². The van der Waals surface area contributed by atoms with Crippen LogP contribution in [-0.4, -0.2) is 80.7 Å². The summed E-state index contributed by atoms with van der Waals surface area (Å²) < 4.78 is 21.9. The summed E-state index contributed by atoms with van der Waals surface area (Å²) >= 11 is 1.04. The first-order chi connectivity index (χ1) is 19.8. The van der Waals surface area contributed by atoms with Gasteiger partial charge in [0.1, 0.15) is 11.8 Å². The van der Waals surface area contributed by atoms with E-state index in [1.54, 1.807) is 45.3 Å². The Kier molecular flexibility index (Phi) is 13.2. The van der Waals surface area contributed by atoms with Crippen molar-refractivity contribution in [1.82, 2.24) is 5.32 Å². The van der Waals surface area contributed by atoms with E-state index in [0.717, 1.165) is 11.8 Å². The number of aliphatic hydroxyl groups excluding tert-OH is 1. The SMILES string of the molecule is COC1=C2C[C@@H](C)C[C@H](OC)[C@H](O)[C@@H](C)/C=C(\C)C(OC(N)=O)[C@@H](OC)/C=C\C=C(/C)C(=O)NC(=C(SC)C1=O)C2=O. The molecule has 2 aliphatic rings. The van der Waals surface area contributed by atoms with Crippen LogP contribution < -0.4 is 11.1 Å². The Morgan fingerprint density at radius 3 is 2.31 bits per heavy atom. The molecule has 0 spiro atoms. The molecule has 42 heavy (non-hydrogen) atoms. The third-order valence-electron chi connectivity index (χ3n) is 7.26. The van der Waals surface area contributed by atoms with Gasteiger partial charge in [0.2, 0.25) is 11.6 Å². The fourth-order valence-electron chi connectivity index (χ4n) is 5.02. The second-order valence-corrected chi connectivity index (χ2v) is 11.2. The number of thioether (sulfide) groups is 1. The number of nitrogens with one attached hydrogen (secondary N) is 1. The smallest absolute Gasteiger partial charge is 0.405 e. The molecular weight excluding hydrogens is 564 g/mol. The Morgan fingerprint density at radius 1 is 1.10 bits per heavy atom. The molecule has 0 aromatic rings. The largest absolute Gasteiger partial charge is 0.492 e. The topological polar surface area (TPSA) is 163 Å². The van der Waals surface area contributed by atoms with E-state index in [2.05, 4.69) is 5.32 Å². The van der Waals surface area contributed by atoms with E-state index in [-0.39, 0.29) is 39.8 Å². The van der Waals surface area contributed by atoms with Crippen LogP contribution in [0.15, 0.2) is 57.4 Å². The Bertz CT molecular complexity index is 1220. The highest BCUT2D eigenvalue weighted by atomic mass is 32.2. The first kappa shape index (κ1) is 35.0. The fourth-order valence-corrected chi connectivity index (χ4v) is 5.64. The van der Waals surface area contributed by atoms with E-state index in [4.69, 9.17) is 24.7 Å². The molecule has 0 aromatic carbocycles. The van der Waals surface area contributed by atoms with E-state index < -0.39 is 53.9 Å². The number of nitrogens with two attached hydrogens (primary N) is 1. The molecule has 2 amide bonds. The number of carbonyl (C=O) groups is 4. The van der Waals surface area contributed by atoms with Crippen molar-refractivity contribution in [2.45, 2.75) is 65.0 Å². The van der Waals surface area contributed by atoms with Gasteiger partial charge in [-0.1, -0.05) is 38.2 Å². The van der Waals surface area contributed by atoms with Crippen LogP contribution in [0, 0.1) is 11.8 Å². The number of rotatable bonds is 5. The molecule has 1 aliphatic carbocycles. The van der Waals surface area contributed by atoms with E-state index in [1.807, 2.05) is 6.92 Å². The van der Waals surface area contributed by atoms with Crippen LogP contribution in [0.2, 0.25) is 0 Å². The number of primary amides is 1. The first-order valence-corrected chi connectivity index (χ1v) is 14.7. The number of aliphatic hydroxyl groups is 1. The number of fused-ring (bicyclic) bond motifs is 2. The summed E-state index contributed by atoms with van der Waals surface area (Å²) in [5.41, 5.74) is 6.20. The number of methoxy groups -OCH3 is 3. The van der Waals surface area contributed by atoms with Crippen molar-refractivity contribution in [3.63, 3.8) is 0 Å². The Hall–Kier alpha value is -3.19. The average Bonchev–Trinajstić information content (AvgIpc) is 2.94. The van der Waals surface area contributed by atoms with Gasteiger partial charge in [0.15, 0.2) is 11.9 Å². The van der Waals surface area contributed by atoms with Crippen LogP contribution in [0.3, 0.4) is 0 Å². The number of hydrogen-bond acceptors (Lipinski definition) is 10. The van der Waals surface area contributed by atoms with Gasteiger partial charge >= 0.3 is 6.09 Å². The second kappa shape index (κ2) is 15.9. The zero-order valence-electron chi connectivity index (χ0n) is 25.4. The molecule has 12 heteroatoms. The molecule has 0 saturated heterocycles. The molecule has 1 heterocycles. The van der Waals surface area contributed by atoms with E-state index in [9.17, 15) is 24.3 Å². The highest BCUT2D eigenvalue weighted by molar-refractivity contribution is 8.03. The van der Waals surface area contributed by atoms with Gasteiger partial charge in [-0.25, -0.2) is 4.79 Å². The van der Waals surface area contributed by atoms with Crippen molar-refractivity contribution in [3.8, 4) is 0 Å². The zero-order valence-corrected chi connectivity index (χ0v) is 26.2. The van der Waals surface area contributed by atoms with Crippen molar-refractivity contribution < 1.29 is 43.2 Å². The number of amides is 2. The molecule has 232 valence electrons. The van der Waals surface area contributed by atoms with Crippen molar-refractivity contribution in [2.75, 3.05) is 27.6 Å². The molecule has 0 aromatic heterocycles. The Balaban J connectivity index is 2.68. The number of allylic oxidation sites excluding steroid dienone is 4. The zero-order chi connectivity index (χ0) is 31.7. The third-order valence-corrected chi connectivity index (χ3v) is 8.06. The molecule has 2 rings (SSSR count). The average molecular weight is 607 g/mol. The van der Waals surface area contributed by atoms with Crippen molar-refractivity contribution in [1.29, 1.82) is 0 Å². The third kappa shape index (κ3) is 8.43. The predicted octanol–water partition coefficient (Wildman–Crippen LogP) is 3.10. The molecular formula is C30H42N2O9S. The normalized spacial score (nSPS) is 32.0. The van der Waals surface area contributed by atoms with E-state index in [1.165, 1.54) is 27.4 Å². The minimum absolute atomic E-state index is 0.0668. The molecule has 0 saturated carbocycles. The van der Waals surface area contributed by atoms with Crippen LogP contribution >= 0.6 is 11.8 Å². The monoisotopic (exact) mass is 606 g/mol. The molecule has 4 N–H and O–H groups in total. The van der Waals surface area contributed by atoms with Crippen LogP contribution in [0.1, 0.15) is 40.5 Å². The van der Waals surface area contributed by atoms with Gasteiger partial charge in [-0.2, -0.15) is 0 Å². The summed E-state index contributed by atoms with van der Waals surface area (Å²) in [6, 6.07) is 0. The van der Waals surface area contributed by atoms with Gasteiger partial charge in [0.05, 0.1) is 24.2 Å². The number of ketones is 2. The summed E-state index contributed by atoms with van der Waals surface area (Å²) in [5.74, 6) is -2.33. The van der Waals surface area contributed by atoms with E-state index in [0.29, 0.717) is 12.0 Å². The number of carbonyl (C=O) groups excluding carboxylic acids is 4. The number of Topliss-reactive ketones (excluding diaryl/α,β-unsaturated/α-hetero) is 2. The lowest BCUT2D eigenvalue weighted by atomic mass is 9.85. The van der Waals surface area contributed by atoms with Gasteiger partial charge in [0, 0.05) is 31.3 Å². The summed E-state index contributed by atoms with van der Waals surface area (Å²) in [4.78, 5) is 51.9. The summed E-state index contributed by atoms with van der Waals surface area (Å²) in [6.45, 7) is 6.95. The lowest BCUT2D eigenvalue weighted by Gasteiger charge is -2.30. The summed E-state index contributed by atoms with van der Waals surface area (Å²) in [7, 11) is 4.24. The van der Waals surface area contributed by atoms with Crippen molar-refractivity contribution in [3.05, 3.63) is 57.4 Å². The van der Waals surface area contributed by atoms with Gasteiger partial charge in [-0.15, -0.1) is 11.8 Å². The number of ether oxygens (including phenoxy) is 4. The van der Waals surface area contributed by atoms with Crippen LogP contribution in [-0.2, 0) is 33.3 Å². The van der Waals surface area contributed by atoms with E-state index >= 15 is 0 Å². The molecule has 11 nitrogen and oxygen atoms in total. The minimum Gasteiger partial charge on any atom is -0.492 e. The lowest BCUT2D eigenvalue weighted by molar-refractivity contribution is -0.121. The Labute approximate surface area is 251 Å². The standard InChI is InChI=1S/C30H42N2O9S/c1-15-12-19-24(34)22(28(42-8)25(35)27(19)40-7)32-29(36)16(2)10-9-11-20(38-5)26(41-30(31)37)18(4)14-17(3)23(33)21(13-15)39-6/h9-11,14-15,17,20-21,23,26,33H,12-13H2,1-8H3,(H2,31,37)(H,32,36)/b11-9-,16-10+,18-14+/t15-,17+,20+,21+,23-,26?/m1/s1. The molecule has 0 fully saturated rings. The van der Waals surface area contributed by atoms with Gasteiger partial charge in [-0.3, -0.25) is 14.4 Å². The highest BCUT2D eigenvalue weighted by Crippen LogP contribution is 2.34. The lowest BCUT2D eigenvalue weighted by Crippen LogP contribution is -2.37. The maximum Gasteiger partial charge on any atom is 0.405 e. The van der Waals surface area contributed by atoms with Crippen LogP contribution in [0.4, 0.5) is 4.79 Å². The van der Waals surface area contributed by atoms with Gasteiger partial charge < -0.3 is 35.1 Å². The maximum absolute atomic E-state index is 13.7. The van der Waals surface area contributed by atoms with Crippen molar-refractivity contribution >= 4 is 35.3 Å². The molecule has 6 atom stereocenters. The molecule has 1 unspecified atom stereocenters. The summed E-state index contributed by atoms with van der Waals surface area (Å²) in [5, 5.41) is 13.8. The quantitative estimate of drug-likeness (QED) is 0.313.